The molecule has 2 unspecified atom stereocenters. The Morgan fingerprint density at radius 3 is 1.76 bits per heavy atom. The SMILES string of the molecule is CCCCCCNC(=O)OC(F)C(F)(F)C(F)(F)C(F)(F)C(F)(F)C(F)C(F)F. The number of ether oxygens (including phenoxy) is 1. The Kier molecular flexibility index (Phi) is 9.42. The summed E-state index contributed by atoms with van der Waals surface area (Å²) in [6.07, 6.45) is -15.0. The van der Waals surface area contributed by atoms with Crippen molar-refractivity contribution in [2.45, 2.75) is 75.3 Å². The maximum Gasteiger partial charge on any atom is 0.409 e. The Labute approximate surface area is 156 Å². The van der Waals surface area contributed by atoms with Crippen LogP contribution in [0.3, 0.4) is 0 Å². The number of unbranched alkanes of at least 4 members (excludes halogenated alkanes) is 3. The zero-order valence-electron chi connectivity index (χ0n) is 14.6. The maximum absolute atomic E-state index is 13.4. The monoisotopic (exact) mass is 459 g/mol. The molecule has 0 radical (unpaired) electrons. The van der Waals surface area contributed by atoms with Crippen LogP contribution in [-0.2, 0) is 4.74 Å². The molecule has 15 heteroatoms. The van der Waals surface area contributed by atoms with Gasteiger partial charge >= 0.3 is 36.1 Å². The van der Waals surface area contributed by atoms with Crippen LogP contribution in [0.15, 0.2) is 0 Å². The highest BCUT2D eigenvalue weighted by molar-refractivity contribution is 5.67. The van der Waals surface area contributed by atoms with E-state index in [4.69, 9.17) is 0 Å². The zero-order chi connectivity index (χ0) is 23.3. The summed E-state index contributed by atoms with van der Waals surface area (Å²) in [6.45, 7) is 1.50. The third-order valence-corrected chi connectivity index (χ3v) is 3.59. The van der Waals surface area contributed by atoms with Crippen molar-refractivity contribution in [2.24, 2.45) is 0 Å². The molecule has 29 heavy (non-hydrogen) atoms. The molecule has 0 aliphatic carbocycles. The van der Waals surface area contributed by atoms with Gasteiger partial charge in [0.2, 0.25) is 6.17 Å². The first kappa shape index (κ1) is 27.4. The molecule has 0 saturated heterocycles. The Morgan fingerprint density at radius 1 is 0.828 bits per heavy atom. The largest absolute Gasteiger partial charge is 0.409 e. The Bertz CT molecular complexity index is 529. The minimum atomic E-state index is -7.48. The minimum Gasteiger partial charge on any atom is -0.408 e. The fraction of sp³-hybridized carbons (Fsp3) is 0.929. The van der Waals surface area contributed by atoms with Gasteiger partial charge in [-0.3, -0.25) is 0 Å². The quantitative estimate of drug-likeness (QED) is 0.299. The van der Waals surface area contributed by atoms with E-state index in [2.05, 4.69) is 4.74 Å². The summed E-state index contributed by atoms with van der Waals surface area (Å²) in [5.74, 6) is -28.8. The van der Waals surface area contributed by atoms with Gasteiger partial charge < -0.3 is 10.1 Å². The molecule has 0 rings (SSSR count). The normalized spacial score (nSPS) is 15.9. The Morgan fingerprint density at radius 2 is 1.31 bits per heavy atom. The van der Waals surface area contributed by atoms with Gasteiger partial charge in [0.25, 0.3) is 6.43 Å². The third kappa shape index (κ3) is 5.74. The second-order valence-electron chi connectivity index (χ2n) is 5.84. The summed E-state index contributed by atoms with van der Waals surface area (Å²) in [5.41, 5.74) is 0. The van der Waals surface area contributed by atoms with E-state index in [0.717, 1.165) is 6.42 Å². The highest BCUT2D eigenvalue weighted by Gasteiger charge is 2.85. The van der Waals surface area contributed by atoms with Gasteiger partial charge in [0.15, 0.2) is 0 Å². The van der Waals surface area contributed by atoms with Crippen molar-refractivity contribution in [1.29, 1.82) is 0 Å². The molecule has 0 aromatic heterocycles. The molecule has 2 atom stereocenters. The molecule has 174 valence electrons. The molecule has 0 aliphatic heterocycles. The molecule has 0 aliphatic rings. The van der Waals surface area contributed by atoms with Crippen LogP contribution in [0.4, 0.5) is 57.5 Å². The van der Waals surface area contributed by atoms with E-state index in [9.17, 15) is 57.5 Å². The van der Waals surface area contributed by atoms with Gasteiger partial charge in [-0.05, 0) is 6.42 Å². The fourth-order valence-electron chi connectivity index (χ4n) is 1.84. The van der Waals surface area contributed by atoms with E-state index in [0.29, 0.717) is 12.8 Å². The van der Waals surface area contributed by atoms with Gasteiger partial charge in [-0.25, -0.2) is 18.0 Å². The zero-order valence-corrected chi connectivity index (χ0v) is 14.6. The highest BCUT2D eigenvalue weighted by atomic mass is 19.4. The summed E-state index contributed by atoms with van der Waals surface area (Å²) in [4.78, 5) is 11.1. The lowest BCUT2D eigenvalue weighted by atomic mass is 9.95. The number of carbonyl (C=O) groups is 1. The first-order valence-corrected chi connectivity index (χ1v) is 8.00. The lowest BCUT2D eigenvalue weighted by Crippen LogP contribution is -2.68. The second-order valence-corrected chi connectivity index (χ2v) is 5.84. The average Bonchev–Trinajstić information content (AvgIpc) is 2.59. The topological polar surface area (TPSA) is 38.3 Å². The standard InChI is InChI=1S/C14H17F12NO2/c1-2-3-4-5-6-27-10(28)29-9(18)12(21,22)14(25,26)13(23,24)11(19,20)7(15)8(16)17/h7-9H,2-6H2,1H3,(H,27,28). The van der Waals surface area contributed by atoms with Gasteiger partial charge in [-0.15, -0.1) is 0 Å². The van der Waals surface area contributed by atoms with E-state index >= 15 is 0 Å². The van der Waals surface area contributed by atoms with E-state index < -0.39 is 48.7 Å². The van der Waals surface area contributed by atoms with Gasteiger partial charge in [0.05, 0.1) is 0 Å². The number of alkyl halides is 12. The predicted octanol–water partition coefficient (Wildman–Crippen LogP) is 5.73. The summed E-state index contributed by atoms with van der Waals surface area (Å²) in [5, 5.41) is 1.62. The van der Waals surface area contributed by atoms with Crippen LogP contribution in [0.25, 0.3) is 0 Å². The van der Waals surface area contributed by atoms with Gasteiger partial charge in [-0.2, -0.15) is 39.5 Å². The first-order chi connectivity index (χ1) is 13.0. The number of hydrogen-bond donors (Lipinski definition) is 1. The van der Waals surface area contributed by atoms with Crippen molar-refractivity contribution >= 4 is 6.09 Å². The maximum atomic E-state index is 13.4. The molecule has 0 saturated carbocycles. The summed E-state index contributed by atoms with van der Waals surface area (Å²) >= 11 is 0. The number of halogens is 12. The molecular formula is C14H17F12NO2. The fourth-order valence-corrected chi connectivity index (χ4v) is 1.84. The molecule has 0 spiro atoms. The molecule has 0 aromatic rings. The number of rotatable bonds is 12. The second kappa shape index (κ2) is 9.96. The highest BCUT2D eigenvalue weighted by Crippen LogP contribution is 2.56. The molecule has 0 heterocycles. The Hall–Kier alpha value is -1.57. The number of carbonyl (C=O) groups excluding carboxylic acids is 1. The first-order valence-electron chi connectivity index (χ1n) is 8.00. The lowest BCUT2D eigenvalue weighted by molar-refractivity contribution is -0.399. The molecule has 1 N–H and O–H groups in total. The average molecular weight is 459 g/mol. The minimum absolute atomic E-state index is 0.224. The lowest BCUT2D eigenvalue weighted by Gasteiger charge is -2.38. The van der Waals surface area contributed by atoms with Crippen LogP contribution in [0.2, 0.25) is 0 Å². The summed E-state index contributed by atoms with van der Waals surface area (Å²) in [7, 11) is 0. The smallest absolute Gasteiger partial charge is 0.408 e. The summed E-state index contributed by atoms with van der Waals surface area (Å²) in [6, 6.07) is 0. The molecule has 1 amide bonds. The Balaban J connectivity index is 5.34. The molecule has 0 fully saturated rings. The van der Waals surface area contributed by atoms with Crippen molar-refractivity contribution in [3.8, 4) is 0 Å². The number of hydrogen-bond acceptors (Lipinski definition) is 2. The van der Waals surface area contributed by atoms with Crippen molar-refractivity contribution in [1.82, 2.24) is 5.32 Å². The molecule has 0 aromatic carbocycles. The van der Waals surface area contributed by atoms with Crippen LogP contribution < -0.4 is 5.32 Å². The molecular weight excluding hydrogens is 442 g/mol. The van der Waals surface area contributed by atoms with Crippen LogP contribution in [0.5, 0.6) is 0 Å². The van der Waals surface area contributed by atoms with E-state index in [1.54, 1.807) is 5.32 Å². The van der Waals surface area contributed by atoms with Crippen molar-refractivity contribution in [3.05, 3.63) is 0 Å². The van der Waals surface area contributed by atoms with E-state index in [-0.39, 0.29) is 13.0 Å². The van der Waals surface area contributed by atoms with Crippen molar-refractivity contribution < 1.29 is 62.2 Å². The van der Waals surface area contributed by atoms with E-state index in [1.807, 2.05) is 6.92 Å². The summed E-state index contributed by atoms with van der Waals surface area (Å²) < 4.78 is 159. The third-order valence-electron chi connectivity index (χ3n) is 3.59. The molecule has 0 bridgehead atoms. The van der Waals surface area contributed by atoms with Crippen LogP contribution >= 0.6 is 0 Å². The number of alkyl carbamates (subject to hydrolysis) is 1. The van der Waals surface area contributed by atoms with Gasteiger partial charge in [-0.1, -0.05) is 26.2 Å². The van der Waals surface area contributed by atoms with Gasteiger partial charge in [0.1, 0.15) is 0 Å². The van der Waals surface area contributed by atoms with Crippen LogP contribution in [0.1, 0.15) is 32.6 Å². The number of nitrogens with one attached hydrogen (secondary N) is 1. The van der Waals surface area contributed by atoms with Crippen molar-refractivity contribution in [2.75, 3.05) is 6.54 Å². The number of amides is 1. The van der Waals surface area contributed by atoms with Crippen LogP contribution in [0, 0.1) is 0 Å². The molecule has 3 nitrogen and oxygen atoms in total. The van der Waals surface area contributed by atoms with Crippen LogP contribution in [-0.4, -0.2) is 55.3 Å². The van der Waals surface area contributed by atoms with Crippen molar-refractivity contribution in [3.63, 3.8) is 0 Å². The van der Waals surface area contributed by atoms with E-state index in [1.165, 1.54) is 0 Å². The van der Waals surface area contributed by atoms with Gasteiger partial charge in [0, 0.05) is 6.54 Å². The predicted molar refractivity (Wildman–Crippen MR) is 74.2 cm³/mol.